The van der Waals surface area contributed by atoms with Crippen molar-refractivity contribution in [3.63, 3.8) is 0 Å². The van der Waals surface area contributed by atoms with E-state index in [9.17, 15) is 19.0 Å². The Kier molecular flexibility index (Phi) is 4.30. The molecular formula is C9H10FN5O6. The summed E-state index contributed by atoms with van der Waals surface area (Å²) in [5, 5.41) is 22.9. The molecule has 12 heteroatoms. The number of anilines is 1. The first-order chi connectivity index (χ1) is 10.1. The summed E-state index contributed by atoms with van der Waals surface area (Å²) in [5.41, 5.74) is 0.325. The fourth-order valence-corrected chi connectivity index (χ4v) is 2.06. The van der Waals surface area contributed by atoms with E-state index in [-0.39, 0.29) is 0 Å². The Balaban J connectivity index is 2.46. The van der Waals surface area contributed by atoms with Crippen LogP contribution in [-0.4, -0.2) is 44.7 Å². The standard InChI is InChI=1S/C9H10FN5O6/c10-3-1-15(9(17)11-7(3)14-20)8-6(13-19)5(12-18)4(2-16)21-8/h1,4-6,8,16,20H,2H2,(H,11,14,17). The van der Waals surface area contributed by atoms with Crippen LogP contribution in [0, 0.1) is 15.6 Å². The number of hydrogen-bond donors (Lipinski definition) is 3. The van der Waals surface area contributed by atoms with Gasteiger partial charge in [0.1, 0.15) is 6.10 Å². The van der Waals surface area contributed by atoms with E-state index in [0.29, 0.717) is 10.8 Å². The number of nitrogens with zero attached hydrogens (tertiary/aromatic N) is 4. The summed E-state index contributed by atoms with van der Waals surface area (Å²) < 4.78 is 19.3. The highest BCUT2D eigenvalue weighted by Gasteiger charge is 2.48. The van der Waals surface area contributed by atoms with E-state index >= 15 is 0 Å². The predicted octanol–water partition coefficient (Wildman–Crippen LogP) is -0.657. The molecule has 114 valence electrons. The van der Waals surface area contributed by atoms with Crippen LogP contribution in [0.15, 0.2) is 21.3 Å². The van der Waals surface area contributed by atoms with Crippen LogP contribution < -0.4 is 11.2 Å². The van der Waals surface area contributed by atoms with E-state index in [4.69, 9.17) is 15.1 Å². The van der Waals surface area contributed by atoms with Crippen LogP contribution in [0.25, 0.3) is 0 Å². The third-order valence-electron chi connectivity index (χ3n) is 3.05. The normalized spacial score (nSPS) is 28.3. The summed E-state index contributed by atoms with van der Waals surface area (Å²) in [6.07, 6.45) is -1.97. The second-order valence-electron chi connectivity index (χ2n) is 4.18. The van der Waals surface area contributed by atoms with Gasteiger partial charge in [-0.15, -0.1) is 0 Å². The summed E-state index contributed by atoms with van der Waals surface area (Å²) in [5.74, 6) is -1.82. The van der Waals surface area contributed by atoms with Gasteiger partial charge in [0.2, 0.25) is 0 Å². The first kappa shape index (κ1) is 15.1. The summed E-state index contributed by atoms with van der Waals surface area (Å²) >= 11 is 0. The highest BCUT2D eigenvalue weighted by molar-refractivity contribution is 5.30. The molecule has 3 N–H and O–H groups in total. The lowest BCUT2D eigenvalue weighted by molar-refractivity contribution is -0.0302. The molecular weight excluding hydrogens is 293 g/mol. The highest BCUT2D eigenvalue weighted by atomic mass is 19.1. The van der Waals surface area contributed by atoms with Gasteiger partial charge in [0.05, 0.1) is 12.8 Å². The van der Waals surface area contributed by atoms with Crippen molar-refractivity contribution in [3.05, 3.63) is 32.3 Å². The Morgan fingerprint density at radius 2 is 2.10 bits per heavy atom. The molecule has 0 bridgehead atoms. The van der Waals surface area contributed by atoms with Gasteiger partial charge in [-0.25, -0.2) is 14.7 Å². The number of rotatable bonds is 5. The zero-order valence-corrected chi connectivity index (χ0v) is 10.3. The Hall–Kier alpha value is -2.31. The van der Waals surface area contributed by atoms with Crippen LogP contribution in [0.2, 0.25) is 0 Å². The Bertz CT molecular complexity index is 609. The van der Waals surface area contributed by atoms with Crippen LogP contribution in [0.1, 0.15) is 6.23 Å². The van der Waals surface area contributed by atoms with Crippen LogP contribution in [0.5, 0.6) is 0 Å². The maximum Gasteiger partial charge on any atom is 0.351 e. The maximum atomic E-state index is 13.5. The molecule has 0 amide bonds. The maximum absolute atomic E-state index is 13.5. The van der Waals surface area contributed by atoms with Crippen molar-refractivity contribution in [2.45, 2.75) is 24.4 Å². The van der Waals surface area contributed by atoms with E-state index in [0.717, 1.165) is 0 Å². The van der Waals surface area contributed by atoms with Gasteiger partial charge < -0.3 is 9.84 Å². The van der Waals surface area contributed by atoms with Gasteiger partial charge in [-0.3, -0.25) is 9.77 Å². The second kappa shape index (κ2) is 5.99. The number of ether oxygens (including phenoxy) is 1. The average Bonchev–Trinajstić information content (AvgIpc) is 2.86. The molecule has 1 saturated heterocycles. The molecule has 1 fully saturated rings. The minimum atomic E-state index is -1.44. The number of nitrogens with one attached hydrogen (secondary N) is 1. The molecule has 0 spiro atoms. The van der Waals surface area contributed by atoms with Crippen molar-refractivity contribution in [2.75, 3.05) is 12.1 Å². The van der Waals surface area contributed by atoms with Crippen molar-refractivity contribution >= 4 is 5.82 Å². The summed E-state index contributed by atoms with van der Waals surface area (Å²) in [4.78, 5) is 36.5. The van der Waals surface area contributed by atoms with Crippen LogP contribution in [0.4, 0.5) is 10.2 Å². The lowest BCUT2D eigenvalue weighted by Crippen LogP contribution is -2.34. The molecule has 0 saturated carbocycles. The van der Waals surface area contributed by atoms with E-state index in [1.807, 2.05) is 0 Å². The smallest absolute Gasteiger partial charge is 0.351 e. The third kappa shape index (κ3) is 2.51. The van der Waals surface area contributed by atoms with Gasteiger partial charge in [0.15, 0.2) is 29.9 Å². The van der Waals surface area contributed by atoms with Crippen molar-refractivity contribution in [1.82, 2.24) is 9.55 Å². The Labute approximate surface area is 115 Å². The van der Waals surface area contributed by atoms with Crippen molar-refractivity contribution in [3.8, 4) is 0 Å². The van der Waals surface area contributed by atoms with Crippen molar-refractivity contribution < 1.29 is 19.4 Å². The zero-order chi connectivity index (χ0) is 15.6. The van der Waals surface area contributed by atoms with Gasteiger partial charge >= 0.3 is 5.69 Å². The summed E-state index contributed by atoms with van der Waals surface area (Å²) in [6, 6.07) is -2.74. The van der Waals surface area contributed by atoms with E-state index < -0.39 is 48.3 Å². The molecule has 21 heavy (non-hydrogen) atoms. The van der Waals surface area contributed by atoms with Crippen molar-refractivity contribution in [1.29, 1.82) is 0 Å². The summed E-state index contributed by atoms with van der Waals surface area (Å²) in [7, 11) is 0. The molecule has 2 rings (SSSR count). The van der Waals surface area contributed by atoms with Crippen LogP contribution >= 0.6 is 0 Å². The lowest BCUT2D eigenvalue weighted by Gasteiger charge is -2.16. The molecule has 1 aliphatic rings. The second-order valence-corrected chi connectivity index (χ2v) is 4.18. The molecule has 0 aromatic carbocycles. The molecule has 0 aliphatic carbocycles. The average molecular weight is 303 g/mol. The summed E-state index contributed by atoms with van der Waals surface area (Å²) in [6.45, 7) is -0.639. The number of halogens is 1. The first-order valence-electron chi connectivity index (χ1n) is 5.67. The number of nitroso groups, excluding NO2 is 2. The topological polar surface area (TPSA) is 155 Å². The fraction of sp³-hybridized carbons (Fsp3) is 0.556. The highest BCUT2D eigenvalue weighted by Crippen LogP contribution is 2.32. The number of hydrogen-bond acceptors (Lipinski definition) is 10. The SMILES string of the molecule is O=NC1C(CO)OC(n2cc(F)c(NO)nc2=O)C1N=O. The van der Waals surface area contributed by atoms with Crippen LogP contribution in [-0.2, 0) is 4.74 Å². The Morgan fingerprint density at radius 3 is 2.62 bits per heavy atom. The van der Waals surface area contributed by atoms with Gasteiger partial charge in [0.25, 0.3) is 0 Å². The molecule has 11 nitrogen and oxygen atoms in total. The minimum Gasteiger partial charge on any atom is -0.394 e. The molecule has 2 heterocycles. The predicted molar refractivity (Wildman–Crippen MR) is 64.0 cm³/mol. The zero-order valence-electron chi connectivity index (χ0n) is 10.3. The van der Waals surface area contributed by atoms with Gasteiger partial charge in [-0.1, -0.05) is 10.4 Å². The minimum absolute atomic E-state index is 0.593. The third-order valence-corrected chi connectivity index (χ3v) is 3.05. The molecule has 4 atom stereocenters. The number of aliphatic hydroxyl groups is 1. The van der Waals surface area contributed by atoms with E-state index in [1.165, 1.54) is 5.48 Å². The molecule has 0 radical (unpaired) electrons. The molecule has 1 aliphatic heterocycles. The van der Waals surface area contributed by atoms with E-state index in [2.05, 4.69) is 15.3 Å². The first-order valence-corrected chi connectivity index (χ1v) is 5.67. The number of aromatic nitrogens is 2. The van der Waals surface area contributed by atoms with Crippen LogP contribution in [0.3, 0.4) is 0 Å². The monoisotopic (exact) mass is 303 g/mol. The largest absolute Gasteiger partial charge is 0.394 e. The Morgan fingerprint density at radius 1 is 1.43 bits per heavy atom. The fourth-order valence-electron chi connectivity index (χ4n) is 2.06. The lowest BCUT2D eigenvalue weighted by atomic mass is 10.1. The van der Waals surface area contributed by atoms with Gasteiger partial charge in [-0.05, 0) is 0 Å². The quantitative estimate of drug-likeness (QED) is 0.478. The van der Waals surface area contributed by atoms with Gasteiger partial charge in [0, 0.05) is 0 Å². The van der Waals surface area contributed by atoms with E-state index in [1.54, 1.807) is 0 Å². The molecule has 1 aromatic rings. The van der Waals surface area contributed by atoms with Crippen molar-refractivity contribution in [2.24, 2.45) is 10.4 Å². The van der Waals surface area contributed by atoms with Gasteiger partial charge in [-0.2, -0.15) is 14.8 Å². The molecule has 4 unspecified atom stereocenters. The molecule has 1 aromatic heterocycles. The number of aliphatic hydroxyl groups excluding tert-OH is 1.